The Hall–Kier alpha value is -2.11. The summed E-state index contributed by atoms with van der Waals surface area (Å²) in [6.45, 7) is 4.78. The highest BCUT2D eigenvalue weighted by Crippen LogP contribution is 2.26. The number of nitrogens with zero attached hydrogens (tertiary/aromatic N) is 1. The minimum absolute atomic E-state index is 0.0733. The molecule has 0 unspecified atom stereocenters. The molecule has 0 aliphatic rings. The summed E-state index contributed by atoms with van der Waals surface area (Å²) in [4.78, 5) is 21.6. The van der Waals surface area contributed by atoms with E-state index in [-0.39, 0.29) is 18.2 Å². The van der Waals surface area contributed by atoms with Gasteiger partial charge in [0.1, 0.15) is 0 Å². The van der Waals surface area contributed by atoms with Crippen molar-refractivity contribution in [2.24, 2.45) is 5.41 Å². The monoisotopic (exact) mass is 253 g/mol. The molecule has 1 aromatic carbocycles. The van der Waals surface area contributed by atoms with E-state index in [0.29, 0.717) is 0 Å². The molecule has 18 heavy (non-hydrogen) atoms. The van der Waals surface area contributed by atoms with Crippen molar-refractivity contribution in [2.45, 2.75) is 20.8 Å². The molecule has 0 aromatic heterocycles. The molecular formula is C12H15NO5. The minimum Gasteiger partial charge on any atom is -0.450 e. The second kappa shape index (κ2) is 5.48. The number of benzene rings is 1. The lowest BCUT2D eigenvalue weighted by molar-refractivity contribution is -0.386. The summed E-state index contributed by atoms with van der Waals surface area (Å²) < 4.78 is 9.94. The van der Waals surface area contributed by atoms with Gasteiger partial charge in [0.15, 0.2) is 0 Å². The number of rotatable bonds is 4. The van der Waals surface area contributed by atoms with Gasteiger partial charge in [0.25, 0.3) is 0 Å². The van der Waals surface area contributed by atoms with Gasteiger partial charge in [-0.25, -0.2) is 0 Å². The number of nitro benzene ring substituents is 1. The van der Waals surface area contributed by atoms with E-state index in [9.17, 15) is 14.9 Å². The predicted octanol–water partition coefficient (Wildman–Crippen LogP) is 2.52. The SMILES string of the molecule is CC(C)(C)C(=O)OCOc1ccccc1[N+](=O)[O-]. The van der Waals surface area contributed by atoms with Crippen LogP contribution in [0, 0.1) is 15.5 Å². The van der Waals surface area contributed by atoms with E-state index < -0.39 is 16.3 Å². The molecule has 0 heterocycles. The maximum Gasteiger partial charge on any atom is 0.314 e. The third kappa shape index (κ3) is 3.73. The zero-order valence-electron chi connectivity index (χ0n) is 10.5. The molecular weight excluding hydrogens is 238 g/mol. The van der Waals surface area contributed by atoms with E-state index in [1.165, 1.54) is 18.2 Å². The number of carbonyl (C=O) groups excluding carboxylic acids is 1. The van der Waals surface area contributed by atoms with E-state index in [2.05, 4.69) is 0 Å². The van der Waals surface area contributed by atoms with Gasteiger partial charge in [0.05, 0.1) is 10.3 Å². The third-order valence-corrected chi connectivity index (χ3v) is 2.08. The fraction of sp³-hybridized carbons (Fsp3) is 0.417. The zero-order chi connectivity index (χ0) is 13.8. The van der Waals surface area contributed by atoms with Gasteiger partial charge in [0.2, 0.25) is 12.5 Å². The summed E-state index contributed by atoms with van der Waals surface area (Å²) in [6, 6.07) is 5.91. The van der Waals surface area contributed by atoms with Gasteiger partial charge in [-0.2, -0.15) is 0 Å². The summed E-state index contributed by atoms with van der Waals surface area (Å²) >= 11 is 0. The van der Waals surface area contributed by atoms with E-state index in [1.54, 1.807) is 26.8 Å². The first-order valence-electron chi connectivity index (χ1n) is 5.36. The summed E-state index contributed by atoms with van der Waals surface area (Å²) in [5.41, 5.74) is -0.796. The number of hydrogen-bond donors (Lipinski definition) is 0. The normalized spacial score (nSPS) is 10.8. The van der Waals surface area contributed by atoms with Crippen LogP contribution in [0.15, 0.2) is 24.3 Å². The molecule has 0 atom stereocenters. The quantitative estimate of drug-likeness (QED) is 0.356. The zero-order valence-corrected chi connectivity index (χ0v) is 10.5. The number of esters is 1. The third-order valence-electron chi connectivity index (χ3n) is 2.08. The Morgan fingerprint density at radius 2 is 1.94 bits per heavy atom. The van der Waals surface area contributed by atoms with Gasteiger partial charge in [0, 0.05) is 6.07 Å². The molecule has 0 saturated heterocycles. The Labute approximate surface area is 105 Å². The molecule has 1 rings (SSSR count). The highest BCUT2D eigenvalue weighted by molar-refractivity contribution is 5.75. The average molecular weight is 253 g/mol. The van der Waals surface area contributed by atoms with Crippen molar-refractivity contribution >= 4 is 11.7 Å². The van der Waals surface area contributed by atoms with Crippen LogP contribution in [0.3, 0.4) is 0 Å². The minimum atomic E-state index is -0.633. The molecule has 6 nitrogen and oxygen atoms in total. The molecule has 6 heteroatoms. The summed E-state index contributed by atoms with van der Waals surface area (Å²) in [5, 5.41) is 10.7. The lowest BCUT2D eigenvalue weighted by Crippen LogP contribution is -2.24. The Balaban J connectivity index is 2.60. The highest BCUT2D eigenvalue weighted by Gasteiger charge is 2.23. The molecule has 0 fully saturated rings. The standard InChI is InChI=1S/C12H15NO5/c1-12(2,3)11(14)18-8-17-10-7-5-4-6-9(10)13(15)16/h4-7H,8H2,1-3H3. The van der Waals surface area contributed by atoms with Crippen LogP contribution in [-0.4, -0.2) is 17.7 Å². The molecule has 0 aliphatic heterocycles. The van der Waals surface area contributed by atoms with Crippen molar-refractivity contribution in [2.75, 3.05) is 6.79 Å². The van der Waals surface area contributed by atoms with Crippen molar-refractivity contribution in [3.8, 4) is 5.75 Å². The van der Waals surface area contributed by atoms with Gasteiger partial charge in [-0.15, -0.1) is 0 Å². The Bertz CT molecular complexity index is 450. The lowest BCUT2D eigenvalue weighted by Gasteiger charge is -2.16. The molecule has 98 valence electrons. The molecule has 1 aromatic rings. The van der Waals surface area contributed by atoms with E-state index in [0.717, 1.165) is 0 Å². The van der Waals surface area contributed by atoms with Crippen LogP contribution in [0.5, 0.6) is 5.75 Å². The van der Waals surface area contributed by atoms with Crippen LogP contribution in [0.25, 0.3) is 0 Å². The lowest BCUT2D eigenvalue weighted by atomic mass is 9.98. The van der Waals surface area contributed by atoms with Crippen molar-refractivity contribution in [3.63, 3.8) is 0 Å². The smallest absolute Gasteiger partial charge is 0.314 e. The highest BCUT2D eigenvalue weighted by atomic mass is 16.7. The van der Waals surface area contributed by atoms with Crippen LogP contribution in [0.2, 0.25) is 0 Å². The van der Waals surface area contributed by atoms with Crippen molar-refractivity contribution < 1.29 is 19.2 Å². The average Bonchev–Trinajstić information content (AvgIpc) is 2.28. The molecule has 0 amide bonds. The molecule has 0 aliphatic carbocycles. The Kier molecular flexibility index (Phi) is 4.25. The summed E-state index contributed by atoms with van der Waals surface area (Å²) in [5.74, 6) is -0.356. The fourth-order valence-corrected chi connectivity index (χ4v) is 1.09. The topological polar surface area (TPSA) is 78.7 Å². The van der Waals surface area contributed by atoms with Crippen LogP contribution in [-0.2, 0) is 9.53 Å². The van der Waals surface area contributed by atoms with Gasteiger partial charge in [-0.05, 0) is 26.8 Å². The van der Waals surface area contributed by atoms with Crippen molar-refractivity contribution in [1.82, 2.24) is 0 Å². The molecule has 0 spiro atoms. The van der Waals surface area contributed by atoms with Crippen molar-refractivity contribution in [3.05, 3.63) is 34.4 Å². The van der Waals surface area contributed by atoms with Crippen LogP contribution < -0.4 is 4.74 Å². The van der Waals surface area contributed by atoms with Gasteiger partial charge in [-0.3, -0.25) is 14.9 Å². The van der Waals surface area contributed by atoms with E-state index >= 15 is 0 Å². The first-order chi connectivity index (χ1) is 8.32. The van der Waals surface area contributed by atoms with Gasteiger partial charge in [-0.1, -0.05) is 12.1 Å². The van der Waals surface area contributed by atoms with E-state index in [1.807, 2.05) is 0 Å². The first-order valence-corrected chi connectivity index (χ1v) is 5.36. The molecule has 0 radical (unpaired) electrons. The maximum absolute atomic E-state index is 11.4. The number of hydrogen-bond acceptors (Lipinski definition) is 5. The molecule has 0 N–H and O–H groups in total. The first kappa shape index (κ1) is 14.0. The summed E-state index contributed by atoms with van der Waals surface area (Å²) in [7, 11) is 0. The predicted molar refractivity (Wildman–Crippen MR) is 64.1 cm³/mol. The number of carbonyl (C=O) groups is 1. The maximum atomic E-state index is 11.4. The second-order valence-corrected chi connectivity index (χ2v) is 4.67. The fourth-order valence-electron chi connectivity index (χ4n) is 1.09. The van der Waals surface area contributed by atoms with Crippen LogP contribution in [0.1, 0.15) is 20.8 Å². The van der Waals surface area contributed by atoms with Gasteiger partial charge < -0.3 is 9.47 Å². The number of para-hydroxylation sites is 2. The number of ether oxygens (including phenoxy) is 2. The Morgan fingerprint density at radius 1 is 1.33 bits per heavy atom. The second-order valence-electron chi connectivity index (χ2n) is 4.67. The van der Waals surface area contributed by atoms with E-state index in [4.69, 9.17) is 9.47 Å². The van der Waals surface area contributed by atoms with Gasteiger partial charge >= 0.3 is 11.7 Å². The number of nitro groups is 1. The summed E-state index contributed by atoms with van der Waals surface area (Å²) in [6.07, 6.45) is 0. The van der Waals surface area contributed by atoms with Crippen LogP contribution >= 0.6 is 0 Å². The Morgan fingerprint density at radius 3 is 2.50 bits per heavy atom. The molecule has 0 saturated carbocycles. The molecule has 0 bridgehead atoms. The van der Waals surface area contributed by atoms with Crippen LogP contribution in [0.4, 0.5) is 5.69 Å². The van der Waals surface area contributed by atoms with Crippen molar-refractivity contribution in [1.29, 1.82) is 0 Å². The largest absolute Gasteiger partial charge is 0.450 e.